The van der Waals surface area contributed by atoms with Crippen LogP contribution in [0.25, 0.3) is 0 Å². The van der Waals surface area contributed by atoms with Gasteiger partial charge in [-0.1, -0.05) is 19.1 Å². The van der Waals surface area contributed by atoms with Crippen molar-refractivity contribution in [2.75, 3.05) is 0 Å². The van der Waals surface area contributed by atoms with Gasteiger partial charge in [-0.2, -0.15) is 5.10 Å². The lowest BCUT2D eigenvalue weighted by atomic mass is 10.1. The van der Waals surface area contributed by atoms with Crippen LogP contribution in [0.15, 0.2) is 28.9 Å². The van der Waals surface area contributed by atoms with Gasteiger partial charge < -0.3 is 0 Å². The zero-order valence-corrected chi connectivity index (χ0v) is 12.5. The van der Waals surface area contributed by atoms with Gasteiger partial charge in [-0.05, 0) is 34.0 Å². The fourth-order valence-electron chi connectivity index (χ4n) is 1.96. The number of hydrogen-bond donors (Lipinski definition) is 0. The van der Waals surface area contributed by atoms with Gasteiger partial charge in [0, 0.05) is 13.0 Å². The highest BCUT2D eigenvalue weighted by Gasteiger charge is 2.19. The monoisotopic (exact) mass is 342 g/mol. The van der Waals surface area contributed by atoms with Gasteiger partial charge in [-0.25, -0.2) is 8.78 Å². The fraction of sp³-hybridized carbons (Fsp3) is 0.286. The molecule has 6 heteroatoms. The van der Waals surface area contributed by atoms with E-state index in [1.54, 1.807) is 4.68 Å². The molecule has 0 aliphatic carbocycles. The van der Waals surface area contributed by atoms with E-state index in [1.165, 1.54) is 18.3 Å². The summed E-state index contributed by atoms with van der Waals surface area (Å²) in [5.41, 5.74) is 0.432. The minimum Gasteiger partial charge on any atom is -0.292 e. The Balaban J connectivity index is 2.28. The van der Waals surface area contributed by atoms with Crippen LogP contribution in [0.5, 0.6) is 0 Å². The Morgan fingerprint density at radius 3 is 2.85 bits per heavy atom. The molecule has 0 aliphatic rings. The van der Waals surface area contributed by atoms with Gasteiger partial charge in [-0.15, -0.1) is 0 Å². The van der Waals surface area contributed by atoms with E-state index in [4.69, 9.17) is 0 Å². The van der Waals surface area contributed by atoms with E-state index in [-0.39, 0.29) is 17.8 Å². The summed E-state index contributed by atoms with van der Waals surface area (Å²) in [4.78, 5) is 12.3. The second-order valence-electron chi connectivity index (χ2n) is 4.38. The number of rotatable bonds is 5. The quantitative estimate of drug-likeness (QED) is 0.775. The van der Waals surface area contributed by atoms with Crippen LogP contribution in [0.1, 0.15) is 29.4 Å². The number of nitrogens with zero attached hydrogens (tertiary/aromatic N) is 2. The minimum atomic E-state index is -0.974. The summed E-state index contributed by atoms with van der Waals surface area (Å²) in [5.74, 6) is -2.22. The van der Waals surface area contributed by atoms with Crippen molar-refractivity contribution >= 4 is 21.7 Å². The molecule has 0 radical (unpaired) electrons. The number of aryl methyl sites for hydroxylation is 1. The van der Waals surface area contributed by atoms with Crippen LogP contribution < -0.4 is 0 Å². The van der Waals surface area contributed by atoms with Crippen molar-refractivity contribution < 1.29 is 13.6 Å². The Kier molecular flexibility index (Phi) is 4.65. The van der Waals surface area contributed by atoms with Crippen molar-refractivity contribution in [1.82, 2.24) is 9.78 Å². The molecular weight excluding hydrogens is 330 g/mol. The maximum Gasteiger partial charge on any atom is 0.186 e. The van der Waals surface area contributed by atoms with Crippen LogP contribution >= 0.6 is 15.9 Å². The zero-order valence-electron chi connectivity index (χ0n) is 10.9. The summed E-state index contributed by atoms with van der Waals surface area (Å²) in [6, 6.07) is 3.82. The Bertz CT molecular complexity index is 640. The second kappa shape index (κ2) is 6.26. The van der Waals surface area contributed by atoms with Gasteiger partial charge in [-0.3, -0.25) is 9.48 Å². The molecule has 0 atom stereocenters. The van der Waals surface area contributed by atoms with Crippen LogP contribution in [0.3, 0.4) is 0 Å². The predicted molar refractivity (Wildman–Crippen MR) is 74.6 cm³/mol. The van der Waals surface area contributed by atoms with Gasteiger partial charge in [0.15, 0.2) is 17.4 Å². The molecule has 0 spiro atoms. The smallest absolute Gasteiger partial charge is 0.186 e. The van der Waals surface area contributed by atoms with E-state index in [2.05, 4.69) is 21.0 Å². The third-order valence-corrected chi connectivity index (χ3v) is 3.46. The molecule has 1 heterocycles. The van der Waals surface area contributed by atoms with Crippen molar-refractivity contribution in [2.24, 2.45) is 0 Å². The van der Waals surface area contributed by atoms with Crippen molar-refractivity contribution in [3.8, 4) is 0 Å². The number of halogens is 3. The van der Waals surface area contributed by atoms with E-state index in [9.17, 15) is 13.6 Å². The molecule has 0 N–H and O–H groups in total. The van der Waals surface area contributed by atoms with Crippen LogP contribution in [-0.2, 0) is 13.0 Å². The highest BCUT2D eigenvalue weighted by Crippen LogP contribution is 2.20. The van der Waals surface area contributed by atoms with Crippen molar-refractivity contribution in [3.63, 3.8) is 0 Å². The number of ketones is 1. The largest absolute Gasteiger partial charge is 0.292 e. The standard InChI is InChI=1S/C14H13BrF2N2O/c1-2-6-19-14(10(15)8-18-19)12(20)7-9-4-3-5-11(16)13(9)17/h3-5,8H,2,6-7H2,1H3. The zero-order chi connectivity index (χ0) is 14.7. The molecule has 0 unspecified atom stereocenters. The molecule has 20 heavy (non-hydrogen) atoms. The first kappa shape index (κ1) is 14.8. The minimum absolute atomic E-state index is 0.0474. The Hall–Kier alpha value is -1.56. The number of Topliss-reactive ketones (excluding diaryl/α,β-unsaturated/α-hetero) is 1. The highest BCUT2D eigenvalue weighted by molar-refractivity contribution is 9.10. The van der Waals surface area contributed by atoms with Crippen molar-refractivity contribution in [3.05, 3.63) is 51.8 Å². The summed E-state index contributed by atoms with van der Waals surface area (Å²) >= 11 is 3.26. The maximum absolute atomic E-state index is 13.6. The molecule has 0 saturated carbocycles. The summed E-state index contributed by atoms with van der Waals surface area (Å²) in [6.45, 7) is 2.56. The van der Waals surface area contributed by atoms with E-state index in [0.717, 1.165) is 12.5 Å². The van der Waals surface area contributed by atoms with Crippen LogP contribution in [0.2, 0.25) is 0 Å². The van der Waals surface area contributed by atoms with E-state index < -0.39 is 11.6 Å². The third kappa shape index (κ3) is 2.95. The SMILES string of the molecule is CCCn1ncc(Br)c1C(=O)Cc1cccc(F)c1F. The Labute approximate surface area is 123 Å². The molecule has 2 rings (SSSR count). The maximum atomic E-state index is 13.6. The summed E-state index contributed by atoms with van der Waals surface area (Å²) in [5, 5.41) is 4.09. The van der Waals surface area contributed by atoms with E-state index in [1.807, 2.05) is 6.92 Å². The Morgan fingerprint density at radius 2 is 2.15 bits per heavy atom. The molecule has 106 valence electrons. The molecule has 2 aromatic rings. The van der Waals surface area contributed by atoms with Gasteiger partial charge in [0.25, 0.3) is 0 Å². The van der Waals surface area contributed by atoms with Gasteiger partial charge >= 0.3 is 0 Å². The first-order chi connectivity index (χ1) is 9.54. The summed E-state index contributed by atoms with van der Waals surface area (Å²) in [6.07, 6.45) is 2.16. The van der Waals surface area contributed by atoms with E-state index >= 15 is 0 Å². The first-order valence-electron chi connectivity index (χ1n) is 6.22. The lowest BCUT2D eigenvalue weighted by molar-refractivity contribution is 0.0980. The molecule has 0 bridgehead atoms. The van der Waals surface area contributed by atoms with Crippen LogP contribution in [0, 0.1) is 11.6 Å². The molecule has 1 aromatic heterocycles. The van der Waals surface area contributed by atoms with E-state index in [0.29, 0.717) is 16.7 Å². The molecule has 0 fully saturated rings. The van der Waals surface area contributed by atoms with Gasteiger partial charge in [0.05, 0.1) is 10.7 Å². The number of benzene rings is 1. The molecule has 0 aliphatic heterocycles. The highest BCUT2D eigenvalue weighted by atomic mass is 79.9. The first-order valence-corrected chi connectivity index (χ1v) is 7.01. The van der Waals surface area contributed by atoms with Gasteiger partial charge in [0.1, 0.15) is 5.69 Å². The third-order valence-electron chi connectivity index (χ3n) is 2.88. The number of aromatic nitrogens is 2. The predicted octanol–water partition coefficient (Wildman–Crippen LogP) is 3.76. The summed E-state index contributed by atoms with van der Waals surface area (Å²) in [7, 11) is 0. The molecule has 3 nitrogen and oxygen atoms in total. The van der Waals surface area contributed by atoms with Crippen LogP contribution in [0.4, 0.5) is 8.78 Å². The summed E-state index contributed by atoms with van der Waals surface area (Å²) < 4.78 is 28.9. The normalized spacial score (nSPS) is 10.8. The van der Waals surface area contributed by atoms with Crippen molar-refractivity contribution in [2.45, 2.75) is 26.3 Å². The van der Waals surface area contributed by atoms with Gasteiger partial charge in [0.2, 0.25) is 0 Å². The lowest BCUT2D eigenvalue weighted by Crippen LogP contribution is -2.14. The topological polar surface area (TPSA) is 34.9 Å². The number of carbonyl (C=O) groups is 1. The fourth-order valence-corrected chi connectivity index (χ4v) is 2.48. The molecular formula is C14H13BrF2N2O. The lowest BCUT2D eigenvalue weighted by Gasteiger charge is -2.07. The molecule has 0 saturated heterocycles. The number of hydrogen-bond acceptors (Lipinski definition) is 2. The van der Waals surface area contributed by atoms with Crippen molar-refractivity contribution in [1.29, 1.82) is 0 Å². The average molecular weight is 343 g/mol. The number of carbonyl (C=O) groups excluding carboxylic acids is 1. The average Bonchev–Trinajstić information content (AvgIpc) is 2.77. The second-order valence-corrected chi connectivity index (χ2v) is 5.23. The van der Waals surface area contributed by atoms with Crippen LogP contribution in [-0.4, -0.2) is 15.6 Å². The Morgan fingerprint density at radius 1 is 1.40 bits per heavy atom. The molecule has 1 aromatic carbocycles. The molecule has 0 amide bonds.